The van der Waals surface area contributed by atoms with E-state index in [4.69, 9.17) is 4.74 Å². The fraction of sp³-hybridized carbons (Fsp3) is 0.476. The van der Waals surface area contributed by atoms with Crippen molar-refractivity contribution in [1.29, 1.82) is 0 Å². The SMILES string of the molecule is COC(=O)N1CCc2nc(NC(=O)C3CCN(S(=O)(=O)c4ccccc4S(C)(=O)=O)CC3)sc2C1. The summed E-state index contributed by atoms with van der Waals surface area (Å²) >= 11 is 1.31. The van der Waals surface area contributed by atoms with Gasteiger partial charge in [-0.25, -0.2) is 26.6 Å². The molecule has 4 rings (SSSR count). The van der Waals surface area contributed by atoms with E-state index < -0.39 is 31.9 Å². The lowest BCUT2D eigenvalue weighted by molar-refractivity contribution is -0.120. The molecule has 1 saturated heterocycles. The highest BCUT2D eigenvalue weighted by Gasteiger charge is 2.35. The molecule has 0 unspecified atom stereocenters. The van der Waals surface area contributed by atoms with Gasteiger partial charge < -0.3 is 15.0 Å². The molecule has 0 bridgehead atoms. The van der Waals surface area contributed by atoms with Gasteiger partial charge in [0.2, 0.25) is 15.9 Å². The van der Waals surface area contributed by atoms with Crippen LogP contribution in [-0.2, 0) is 42.4 Å². The first-order valence-electron chi connectivity index (χ1n) is 10.9. The number of rotatable bonds is 5. The Morgan fingerprint density at radius 3 is 2.37 bits per heavy atom. The molecule has 1 aromatic carbocycles. The van der Waals surface area contributed by atoms with Gasteiger partial charge in [0.15, 0.2) is 15.0 Å². The first-order valence-corrected chi connectivity index (χ1v) is 15.1. The number of carbonyl (C=O) groups is 2. The summed E-state index contributed by atoms with van der Waals surface area (Å²) in [7, 11) is -6.43. The number of hydrogen-bond donors (Lipinski definition) is 1. The zero-order valence-electron chi connectivity index (χ0n) is 19.3. The standard InChI is InChI=1S/C21H26N4O7S3/c1-32-21(27)24-10-9-15-16(13-24)33-20(22-15)23-19(26)14-7-11-25(12-8-14)35(30,31)18-6-4-3-5-17(18)34(2,28)29/h3-6,14H,7-13H2,1-2H3,(H,22,23,26). The lowest BCUT2D eigenvalue weighted by atomic mass is 9.97. The third-order valence-electron chi connectivity index (χ3n) is 6.09. The number of sulfone groups is 1. The lowest BCUT2D eigenvalue weighted by Crippen LogP contribution is -2.41. The number of methoxy groups -OCH3 is 1. The van der Waals surface area contributed by atoms with Gasteiger partial charge in [0.05, 0.1) is 24.2 Å². The predicted octanol–water partition coefficient (Wildman–Crippen LogP) is 1.71. The second kappa shape index (κ2) is 9.84. The van der Waals surface area contributed by atoms with Gasteiger partial charge in [-0.2, -0.15) is 4.31 Å². The summed E-state index contributed by atoms with van der Waals surface area (Å²) in [5, 5.41) is 3.28. The van der Waals surface area contributed by atoms with Crippen LogP contribution in [0.25, 0.3) is 0 Å². The molecule has 1 aromatic heterocycles. The van der Waals surface area contributed by atoms with Crippen LogP contribution in [-0.4, -0.2) is 76.0 Å². The Labute approximate surface area is 208 Å². The molecule has 0 atom stereocenters. The van der Waals surface area contributed by atoms with E-state index >= 15 is 0 Å². The summed E-state index contributed by atoms with van der Waals surface area (Å²) in [6, 6.07) is 5.53. The van der Waals surface area contributed by atoms with E-state index in [0.717, 1.165) is 16.8 Å². The van der Waals surface area contributed by atoms with Crippen LogP contribution in [0, 0.1) is 5.92 Å². The lowest BCUT2D eigenvalue weighted by Gasteiger charge is -2.30. The first kappa shape index (κ1) is 25.5. The van der Waals surface area contributed by atoms with Crippen molar-refractivity contribution >= 4 is 48.3 Å². The average molecular weight is 543 g/mol. The molecule has 35 heavy (non-hydrogen) atoms. The minimum absolute atomic E-state index is 0.0982. The van der Waals surface area contributed by atoms with Crippen LogP contribution in [0.5, 0.6) is 0 Å². The maximum absolute atomic E-state index is 13.1. The molecule has 0 spiro atoms. The second-order valence-electron chi connectivity index (χ2n) is 8.42. The number of fused-ring (bicyclic) bond motifs is 1. The van der Waals surface area contributed by atoms with Crippen LogP contribution in [0.3, 0.4) is 0 Å². The first-order chi connectivity index (χ1) is 16.5. The van der Waals surface area contributed by atoms with Gasteiger partial charge in [-0.05, 0) is 25.0 Å². The van der Waals surface area contributed by atoms with Crippen molar-refractivity contribution < 1.29 is 31.2 Å². The van der Waals surface area contributed by atoms with Crippen molar-refractivity contribution in [1.82, 2.24) is 14.2 Å². The molecule has 0 aliphatic carbocycles. The van der Waals surface area contributed by atoms with E-state index in [2.05, 4.69) is 10.3 Å². The summed E-state index contributed by atoms with van der Waals surface area (Å²) < 4.78 is 56.4. The number of nitrogens with zero attached hydrogens (tertiary/aromatic N) is 3. The summed E-state index contributed by atoms with van der Waals surface area (Å²) in [5.74, 6) is -0.645. The topological polar surface area (TPSA) is 143 Å². The van der Waals surface area contributed by atoms with Gasteiger partial charge in [0.1, 0.15) is 4.90 Å². The fourth-order valence-corrected chi connectivity index (χ4v) is 8.31. The smallest absolute Gasteiger partial charge is 0.409 e. The second-order valence-corrected chi connectivity index (χ2v) is 13.4. The fourth-order valence-electron chi connectivity index (χ4n) is 4.21. The average Bonchev–Trinajstić information content (AvgIpc) is 3.24. The number of thiazole rings is 1. The Balaban J connectivity index is 1.39. The molecule has 11 nitrogen and oxygen atoms in total. The molecule has 1 N–H and O–H groups in total. The van der Waals surface area contributed by atoms with E-state index in [1.165, 1.54) is 47.0 Å². The monoisotopic (exact) mass is 542 g/mol. The number of carbonyl (C=O) groups excluding carboxylic acids is 2. The molecule has 1 fully saturated rings. The molecule has 14 heteroatoms. The number of amides is 2. The van der Waals surface area contributed by atoms with Crippen molar-refractivity contribution in [3.63, 3.8) is 0 Å². The predicted molar refractivity (Wildman–Crippen MR) is 128 cm³/mol. The Bertz CT molecular complexity index is 1350. The van der Waals surface area contributed by atoms with Crippen LogP contribution in [0.4, 0.5) is 9.93 Å². The summed E-state index contributed by atoms with van der Waals surface area (Å²) in [6.07, 6.45) is 1.74. The number of nitrogens with one attached hydrogen (secondary N) is 1. The Kier molecular flexibility index (Phi) is 7.18. The van der Waals surface area contributed by atoms with Crippen molar-refractivity contribution in [3.8, 4) is 0 Å². The van der Waals surface area contributed by atoms with Crippen LogP contribution < -0.4 is 5.32 Å². The van der Waals surface area contributed by atoms with Gasteiger partial charge in [-0.3, -0.25) is 4.79 Å². The maximum atomic E-state index is 13.1. The van der Waals surface area contributed by atoms with E-state index in [1.54, 1.807) is 4.90 Å². The molecular weight excluding hydrogens is 516 g/mol. The zero-order chi connectivity index (χ0) is 25.4. The van der Waals surface area contributed by atoms with Gasteiger partial charge in [0, 0.05) is 43.1 Å². The summed E-state index contributed by atoms with van der Waals surface area (Å²) in [5.41, 5.74) is 0.843. The Morgan fingerprint density at radius 1 is 1.09 bits per heavy atom. The van der Waals surface area contributed by atoms with Gasteiger partial charge in [-0.15, -0.1) is 0 Å². The largest absolute Gasteiger partial charge is 0.453 e. The van der Waals surface area contributed by atoms with Gasteiger partial charge >= 0.3 is 6.09 Å². The number of sulfonamides is 1. The van der Waals surface area contributed by atoms with Crippen LogP contribution in [0.1, 0.15) is 23.4 Å². The number of ether oxygens (including phenoxy) is 1. The molecule has 0 radical (unpaired) electrons. The van der Waals surface area contributed by atoms with Crippen molar-refractivity contribution in [3.05, 3.63) is 34.8 Å². The number of benzene rings is 1. The molecule has 190 valence electrons. The number of aromatic nitrogens is 1. The van der Waals surface area contributed by atoms with Crippen LogP contribution in [0.15, 0.2) is 34.1 Å². The van der Waals surface area contributed by atoms with E-state index in [0.29, 0.717) is 37.5 Å². The Morgan fingerprint density at radius 2 is 1.74 bits per heavy atom. The van der Waals surface area contributed by atoms with Crippen molar-refractivity contribution in [2.24, 2.45) is 5.92 Å². The zero-order valence-corrected chi connectivity index (χ0v) is 21.7. The quantitative estimate of drug-likeness (QED) is 0.602. The minimum Gasteiger partial charge on any atom is -0.453 e. The summed E-state index contributed by atoms with van der Waals surface area (Å²) in [4.78, 5) is 31.1. The van der Waals surface area contributed by atoms with E-state index in [-0.39, 0.29) is 28.8 Å². The van der Waals surface area contributed by atoms with E-state index in [9.17, 15) is 26.4 Å². The highest BCUT2D eigenvalue weighted by atomic mass is 32.2. The highest BCUT2D eigenvalue weighted by Crippen LogP contribution is 2.31. The third-order valence-corrected chi connectivity index (χ3v) is 10.3. The molecule has 2 amide bonds. The number of piperidine rings is 1. The maximum Gasteiger partial charge on any atom is 0.409 e. The highest BCUT2D eigenvalue weighted by molar-refractivity contribution is 7.93. The minimum atomic E-state index is -4.03. The third kappa shape index (κ3) is 5.34. The normalized spacial score (nSPS) is 17.6. The van der Waals surface area contributed by atoms with Crippen molar-refractivity contribution in [2.45, 2.75) is 35.6 Å². The van der Waals surface area contributed by atoms with Crippen LogP contribution >= 0.6 is 11.3 Å². The molecule has 0 saturated carbocycles. The van der Waals surface area contributed by atoms with Gasteiger partial charge in [0.25, 0.3) is 0 Å². The van der Waals surface area contributed by atoms with Crippen LogP contribution in [0.2, 0.25) is 0 Å². The molecule has 3 heterocycles. The molecule has 2 aliphatic heterocycles. The number of hydrogen-bond acceptors (Lipinski definition) is 9. The molecule has 2 aliphatic rings. The van der Waals surface area contributed by atoms with E-state index in [1.807, 2.05) is 0 Å². The van der Waals surface area contributed by atoms with Crippen molar-refractivity contribution in [2.75, 3.05) is 38.3 Å². The van der Waals surface area contributed by atoms with Gasteiger partial charge in [-0.1, -0.05) is 23.5 Å². The summed E-state index contributed by atoms with van der Waals surface area (Å²) in [6.45, 7) is 1.06. The number of anilines is 1. The Hall–Kier alpha value is -2.55. The molecule has 2 aromatic rings. The molecular formula is C21H26N4O7S3.